The van der Waals surface area contributed by atoms with E-state index in [1.807, 2.05) is 6.07 Å². The van der Waals surface area contributed by atoms with Crippen LogP contribution in [0.3, 0.4) is 0 Å². The number of aliphatic hydroxyl groups excluding tert-OH is 2. The van der Waals surface area contributed by atoms with Crippen molar-refractivity contribution < 1.29 is 19.7 Å². The van der Waals surface area contributed by atoms with E-state index in [1.165, 1.54) is 4.90 Å². The fraction of sp³-hybridized carbons (Fsp3) is 0.462. The Labute approximate surface area is 111 Å². The van der Waals surface area contributed by atoms with E-state index < -0.39 is 6.10 Å². The Bertz CT molecular complexity index is 438. The van der Waals surface area contributed by atoms with Crippen molar-refractivity contribution in [2.24, 2.45) is 0 Å². The summed E-state index contributed by atoms with van der Waals surface area (Å²) in [4.78, 5) is 13.6. The lowest BCUT2D eigenvalue weighted by molar-refractivity contribution is 0.0340. The number of benzene rings is 1. The van der Waals surface area contributed by atoms with E-state index in [9.17, 15) is 9.90 Å². The molecule has 6 heteroatoms. The molecule has 1 amide bonds. The summed E-state index contributed by atoms with van der Waals surface area (Å²) in [6.07, 6.45) is -0.690. The number of fused-ring (bicyclic) bond motifs is 1. The van der Waals surface area contributed by atoms with Crippen LogP contribution in [0.5, 0.6) is 5.75 Å². The fourth-order valence-corrected chi connectivity index (χ4v) is 1.95. The highest BCUT2D eigenvalue weighted by atomic mass is 16.5. The van der Waals surface area contributed by atoms with Gasteiger partial charge in [-0.25, -0.2) is 0 Å². The van der Waals surface area contributed by atoms with Crippen LogP contribution in [0.2, 0.25) is 0 Å². The van der Waals surface area contributed by atoms with E-state index >= 15 is 0 Å². The lowest BCUT2D eigenvalue weighted by Gasteiger charge is -2.30. The van der Waals surface area contributed by atoms with Crippen LogP contribution in [0.4, 0.5) is 0 Å². The minimum absolute atomic E-state index is 0.0197. The summed E-state index contributed by atoms with van der Waals surface area (Å²) in [5.41, 5.74) is 0.518. The minimum Gasteiger partial charge on any atom is -0.472 e. The Morgan fingerprint density at radius 2 is 2.21 bits per heavy atom. The predicted molar refractivity (Wildman–Crippen MR) is 68.9 cm³/mol. The molecular weight excluding hydrogens is 248 g/mol. The van der Waals surface area contributed by atoms with Crippen LogP contribution in [-0.2, 0) is 0 Å². The maximum atomic E-state index is 12.2. The molecule has 0 saturated heterocycles. The number of para-hydroxylation sites is 1. The Morgan fingerprint density at radius 3 is 3.00 bits per heavy atom. The number of hydrogen-bond acceptors (Lipinski definition) is 5. The van der Waals surface area contributed by atoms with Gasteiger partial charge in [-0.3, -0.25) is 4.79 Å². The van der Waals surface area contributed by atoms with Gasteiger partial charge in [-0.15, -0.1) is 0 Å². The third-order valence-electron chi connectivity index (χ3n) is 2.88. The van der Waals surface area contributed by atoms with Crippen LogP contribution in [0.1, 0.15) is 10.4 Å². The van der Waals surface area contributed by atoms with Gasteiger partial charge in [0, 0.05) is 13.1 Å². The molecule has 0 fully saturated rings. The number of aliphatic hydroxyl groups is 2. The van der Waals surface area contributed by atoms with E-state index in [1.54, 1.807) is 18.2 Å². The zero-order valence-corrected chi connectivity index (χ0v) is 10.6. The zero-order valence-electron chi connectivity index (χ0n) is 10.6. The van der Waals surface area contributed by atoms with Crippen molar-refractivity contribution in [1.29, 1.82) is 0 Å². The zero-order chi connectivity index (χ0) is 13.7. The molecule has 3 N–H and O–H groups in total. The Hall–Kier alpha value is -1.63. The monoisotopic (exact) mass is 266 g/mol. The van der Waals surface area contributed by atoms with Crippen LogP contribution < -0.4 is 10.1 Å². The molecule has 1 atom stereocenters. The van der Waals surface area contributed by atoms with E-state index in [2.05, 4.69) is 5.32 Å². The summed E-state index contributed by atoms with van der Waals surface area (Å²) in [5, 5.41) is 21.3. The lowest BCUT2D eigenvalue weighted by atomic mass is 10.1. The van der Waals surface area contributed by atoms with Crippen molar-refractivity contribution in [3.63, 3.8) is 0 Å². The molecular formula is C13H18N2O4. The third-order valence-corrected chi connectivity index (χ3v) is 2.88. The van der Waals surface area contributed by atoms with Gasteiger partial charge in [0.2, 0.25) is 0 Å². The summed E-state index contributed by atoms with van der Waals surface area (Å²) in [7, 11) is 0. The summed E-state index contributed by atoms with van der Waals surface area (Å²) < 4.78 is 5.47. The lowest BCUT2D eigenvalue weighted by Crippen LogP contribution is -2.45. The maximum absolute atomic E-state index is 12.2. The van der Waals surface area contributed by atoms with Crippen LogP contribution in [0, 0.1) is 0 Å². The molecule has 104 valence electrons. The van der Waals surface area contributed by atoms with Gasteiger partial charge >= 0.3 is 0 Å². The first-order valence-corrected chi connectivity index (χ1v) is 6.23. The number of β-amino-alcohol motifs (C(OH)–C–C–N with tert-alkyl or cyclic N) is 1. The molecule has 1 aliphatic rings. The number of nitrogens with zero attached hydrogens (tertiary/aromatic N) is 1. The second-order valence-corrected chi connectivity index (χ2v) is 4.38. The third kappa shape index (κ3) is 3.44. The van der Waals surface area contributed by atoms with Gasteiger partial charge in [0.05, 0.1) is 24.8 Å². The number of hydrogen-bond donors (Lipinski definition) is 3. The topological polar surface area (TPSA) is 82.0 Å². The molecule has 1 aliphatic heterocycles. The number of ether oxygens (including phenoxy) is 1. The molecule has 0 aromatic heterocycles. The highest BCUT2D eigenvalue weighted by molar-refractivity contribution is 5.97. The van der Waals surface area contributed by atoms with Crippen molar-refractivity contribution in [2.45, 2.75) is 6.10 Å². The summed E-state index contributed by atoms with van der Waals surface area (Å²) in [5.74, 6) is 0.444. The maximum Gasteiger partial charge on any atom is 0.260 e. The van der Waals surface area contributed by atoms with Gasteiger partial charge < -0.3 is 25.2 Å². The summed E-state index contributed by atoms with van der Waals surface area (Å²) in [6.45, 7) is 1.11. The Balaban J connectivity index is 1.91. The molecule has 0 spiro atoms. The second kappa shape index (κ2) is 6.51. The number of rotatable bonds is 6. The molecule has 0 aliphatic carbocycles. The van der Waals surface area contributed by atoms with Crippen molar-refractivity contribution >= 4 is 5.91 Å². The van der Waals surface area contributed by atoms with Crippen LogP contribution in [-0.4, -0.2) is 60.1 Å². The van der Waals surface area contributed by atoms with Crippen LogP contribution in [0.15, 0.2) is 24.3 Å². The highest BCUT2D eigenvalue weighted by Crippen LogP contribution is 2.24. The van der Waals surface area contributed by atoms with Crippen molar-refractivity contribution in [2.75, 3.05) is 33.0 Å². The SMILES string of the molecule is O=C1c2ccccc2OCN1CC(O)CNCCO. The Kier molecular flexibility index (Phi) is 4.73. The molecule has 1 unspecified atom stereocenters. The first-order valence-electron chi connectivity index (χ1n) is 6.23. The first kappa shape index (κ1) is 13.8. The standard InChI is InChI=1S/C13H18N2O4/c16-6-5-14-7-10(17)8-15-9-19-12-4-2-1-3-11(12)13(15)18/h1-4,10,14,16-17H,5-9H2. The number of nitrogens with one attached hydrogen (secondary N) is 1. The second-order valence-electron chi connectivity index (χ2n) is 4.38. The molecule has 0 bridgehead atoms. The number of carbonyl (C=O) groups excluding carboxylic acids is 1. The quantitative estimate of drug-likeness (QED) is 0.600. The Morgan fingerprint density at radius 1 is 1.42 bits per heavy atom. The van der Waals surface area contributed by atoms with Gasteiger partial charge in [-0.05, 0) is 12.1 Å². The molecule has 1 aromatic rings. The van der Waals surface area contributed by atoms with Gasteiger partial charge in [-0.2, -0.15) is 0 Å². The normalized spacial score (nSPS) is 15.9. The molecule has 19 heavy (non-hydrogen) atoms. The summed E-state index contributed by atoms with van der Waals surface area (Å²) in [6, 6.07) is 7.06. The summed E-state index contributed by atoms with van der Waals surface area (Å²) >= 11 is 0. The predicted octanol–water partition coefficient (Wildman–Crippen LogP) is -0.579. The minimum atomic E-state index is -0.690. The van der Waals surface area contributed by atoms with Gasteiger partial charge in [0.15, 0.2) is 6.73 Å². The fourth-order valence-electron chi connectivity index (χ4n) is 1.95. The smallest absolute Gasteiger partial charge is 0.260 e. The van der Waals surface area contributed by atoms with Gasteiger partial charge in [0.1, 0.15) is 5.75 Å². The van der Waals surface area contributed by atoms with Crippen molar-refractivity contribution in [3.05, 3.63) is 29.8 Å². The van der Waals surface area contributed by atoms with Crippen LogP contribution >= 0.6 is 0 Å². The molecule has 1 aromatic carbocycles. The van der Waals surface area contributed by atoms with E-state index in [0.717, 1.165) is 0 Å². The highest BCUT2D eigenvalue weighted by Gasteiger charge is 2.26. The van der Waals surface area contributed by atoms with Gasteiger partial charge in [0.25, 0.3) is 5.91 Å². The average molecular weight is 266 g/mol. The average Bonchev–Trinajstić information content (AvgIpc) is 2.43. The van der Waals surface area contributed by atoms with Gasteiger partial charge in [-0.1, -0.05) is 12.1 Å². The molecule has 0 saturated carbocycles. The van der Waals surface area contributed by atoms with E-state index in [-0.39, 0.29) is 25.8 Å². The molecule has 2 rings (SSSR count). The molecule has 0 radical (unpaired) electrons. The largest absolute Gasteiger partial charge is 0.472 e. The number of amides is 1. The molecule has 6 nitrogen and oxygen atoms in total. The molecule has 1 heterocycles. The number of carbonyl (C=O) groups is 1. The van der Waals surface area contributed by atoms with Crippen LogP contribution in [0.25, 0.3) is 0 Å². The first-order chi connectivity index (χ1) is 9.22. The van der Waals surface area contributed by atoms with E-state index in [0.29, 0.717) is 24.4 Å². The van der Waals surface area contributed by atoms with E-state index in [4.69, 9.17) is 9.84 Å². The van der Waals surface area contributed by atoms with Crippen molar-refractivity contribution in [1.82, 2.24) is 10.2 Å². The van der Waals surface area contributed by atoms with Crippen molar-refractivity contribution in [3.8, 4) is 5.75 Å².